The second kappa shape index (κ2) is 8.92. The van der Waals surface area contributed by atoms with Crippen molar-refractivity contribution < 1.29 is 14.3 Å². The predicted molar refractivity (Wildman–Crippen MR) is 93.9 cm³/mol. The smallest absolute Gasteiger partial charge is 0.410 e. The number of alkyl halides is 1. The SMILES string of the molecule is CC(C)N(C[C@@H]1CCCN1C(=O)CCl)C(=O)OCc1ccccc1. The van der Waals surface area contributed by atoms with E-state index in [0.717, 1.165) is 18.4 Å². The molecule has 2 amide bonds. The quantitative estimate of drug-likeness (QED) is 0.738. The van der Waals surface area contributed by atoms with Crippen molar-refractivity contribution in [1.29, 1.82) is 0 Å². The third-order valence-corrected chi connectivity index (χ3v) is 4.51. The van der Waals surface area contributed by atoms with E-state index in [0.29, 0.717) is 13.1 Å². The van der Waals surface area contributed by atoms with Crippen LogP contribution in [-0.2, 0) is 16.1 Å². The highest BCUT2D eigenvalue weighted by atomic mass is 35.5. The molecule has 0 aliphatic carbocycles. The van der Waals surface area contributed by atoms with E-state index < -0.39 is 0 Å². The lowest BCUT2D eigenvalue weighted by Crippen LogP contribution is -2.48. The monoisotopic (exact) mass is 352 g/mol. The lowest BCUT2D eigenvalue weighted by atomic mass is 10.2. The summed E-state index contributed by atoms with van der Waals surface area (Å²) in [6, 6.07) is 9.61. The molecule has 0 N–H and O–H groups in total. The van der Waals surface area contributed by atoms with Gasteiger partial charge in [-0.05, 0) is 32.3 Å². The Bertz CT molecular complexity index is 550. The van der Waals surface area contributed by atoms with Crippen LogP contribution >= 0.6 is 11.6 Å². The summed E-state index contributed by atoms with van der Waals surface area (Å²) in [6.45, 7) is 5.34. The van der Waals surface area contributed by atoms with Crippen molar-refractivity contribution in [2.24, 2.45) is 0 Å². The number of benzene rings is 1. The Balaban J connectivity index is 1.95. The van der Waals surface area contributed by atoms with Crippen molar-refractivity contribution in [1.82, 2.24) is 9.80 Å². The molecule has 1 atom stereocenters. The number of halogens is 1. The third kappa shape index (κ3) is 4.87. The molecule has 0 aromatic heterocycles. The van der Waals surface area contributed by atoms with Crippen molar-refractivity contribution >= 4 is 23.6 Å². The molecule has 0 spiro atoms. The maximum Gasteiger partial charge on any atom is 0.410 e. The van der Waals surface area contributed by atoms with Gasteiger partial charge in [-0.3, -0.25) is 4.79 Å². The summed E-state index contributed by atoms with van der Waals surface area (Å²) in [4.78, 5) is 27.9. The highest BCUT2D eigenvalue weighted by molar-refractivity contribution is 6.27. The normalized spacial score (nSPS) is 17.2. The molecule has 0 saturated carbocycles. The Kier molecular flexibility index (Phi) is 6.91. The maximum atomic E-state index is 12.5. The van der Waals surface area contributed by atoms with Gasteiger partial charge in [-0.2, -0.15) is 0 Å². The van der Waals surface area contributed by atoms with Crippen LogP contribution in [-0.4, -0.2) is 52.9 Å². The van der Waals surface area contributed by atoms with E-state index in [2.05, 4.69) is 0 Å². The average Bonchev–Trinajstić information content (AvgIpc) is 3.05. The van der Waals surface area contributed by atoms with Crippen LogP contribution in [0.15, 0.2) is 30.3 Å². The summed E-state index contributed by atoms with van der Waals surface area (Å²) in [5.74, 6) is -0.0862. The number of nitrogens with zero attached hydrogens (tertiary/aromatic N) is 2. The van der Waals surface area contributed by atoms with Crippen LogP contribution in [0.25, 0.3) is 0 Å². The number of ether oxygens (including phenoxy) is 1. The lowest BCUT2D eigenvalue weighted by Gasteiger charge is -2.32. The molecule has 2 rings (SSSR count). The third-order valence-electron chi connectivity index (χ3n) is 4.28. The van der Waals surface area contributed by atoms with Gasteiger partial charge in [-0.1, -0.05) is 30.3 Å². The maximum absolute atomic E-state index is 12.5. The zero-order chi connectivity index (χ0) is 17.5. The molecule has 5 nitrogen and oxygen atoms in total. The fourth-order valence-corrected chi connectivity index (χ4v) is 3.11. The van der Waals surface area contributed by atoms with Crippen LogP contribution in [0.1, 0.15) is 32.3 Å². The van der Waals surface area contributed by atoms with Crippen LogP contribution in [0.4, 0.5) is 4.79 Å². The van der Waals surface area contributed by atoms with Gasteiger partial charge < -0.3 is 14.5 Å². The minimum absolute atomic E-state index is 0.00169. The Morgan fingerprint density at radius 1 is 1.33 bits per heavy atom. The van der Waals surface area contributed by atoms with Gasteiger partial charge in [0.1, 0.15) is 12.5 Å². The molecule has 1 saturated heterocycles. The number of likely N-dealkylation sites (tertiary alicyclic amines) is 1. The van der Waals surface area contributed by atoms with Gasteiger partial charge in [-0.25, -0.2) is 4.79 Å². The number of carbonyl (C=O) groups is 2. The topological polar surface area (TPSA) is 49.9 Å². The fraction of sp³-hybridized carbons (Fsp3) is 0.556. The molecular formula is C18H25ClN2O3. The van der Waals surface area contributed by atoms with Crippen LogP contribution in [0.5, 0.6) is 0 Å². The molecule has 1 aliphatic rings. The Morgan fingerprint density at radius 3 is 2.67 bits per heavy atom. The molecule has 0 radical (unpaired) electrons. The van der Waals surface area contributed by atoms with Gasteiger partial charge in [0.15, 0.2) is 0 Å². The van der Waals surface area contributed by atoms with Gasteiger partial charge in [-0.15, -0.1) is 11.6 Å². The largest absolute Gasteiger partial charge is 0.445 e. The Labute approximate surface area is 148 Å². The first-order valence-corrected chi connectivity index (χ1v) is 8.89. The first-order chi connectivity index (χ1) is 11.5. The molecular weight excluding hydrogens is 328 g/mol. The Morgan fingerprint density at radius 2 is 2.04 bits per heavy atom. The molecule has 6 heteroatoms. The molecule has 0 bridgehead atoms. The standard InChI is InChI=1S/C18H25ClN2O3/c1-14(2)21(12-16-9-6-10-20(16)17(22)11-19)18(23)24-13-15-7-4-3-5-8-15/h3-5,7-8,14,16H,6,9-13H2,1-2H3/t16-/m0/s1. The zero-order valence-electron chi connectivity index (χ0n) is 14.3. The van der Waals surface area contributed by atoms with Gasteiger partial charge in [0.25, 0.3) is 0 Å². The van der Waals surface area contributed by atoms with Gasteiger partial charge in [0, 0.05) is 25.2 Å². The molecule has 0 unspecified atom stereocenters. The van der Waals surface area contributed by atoms with E-state index in [9.17, 15) is 9.59 Å². The lowest BCUT2D eigenvalue weighted by molar-refractivity contribution is -0.129. The molecule has 1 heterocycles. The molecule has 24 heavy (non-hydrogen) atoms. The molecule has 1 aliphatic heterocycles. The average molecular weight is 353 g/mol. The van der Waals surface area contributed by atoms with Crippen LogP contribution in [0.2, 0.25) is 0 Å². The van der Waals surface area contributed by atoms with Gasteiger partial charge in [0.2, 0.25) is 5.91 Å². The number of amides is 2. The number of hydrogen-bond acceptors (Lipinski definition) is 3. The molecule has 1 aromatic carbocycles. The zero-order valence-corrected chi connectivity index (χ0v) is 15.0. The van der Waals surface area contributed by atoms with E-state index >= 15 is 0 Å². The first-order valence-electron chi connectivity index (χ1n) is 8.35. The highest BCUT2D eigenvalue weighted by Gasteiger charge is 2.32. The molecule has 1 aromatic rings. The summed E-state index contributed by atoms with van der Waals surface area (Å²) in [6.07, 6.45) is 1.48. The second-order valence-corrected chi connectivity index (χ2v) is 6.57. The van der Waals surface area contributed by atoms with E-state index in [1.54, 1.807) is 9.80 Å². The fourth-order valence-electron chi connectivity index (χ4n) is 2.96. The summed E-state index contributed by atoms with van der Waals surface area (Å²) < 4.78 is 5.44. The van der Waals surface area contributed by atoms with E-state index in [1.165, 1.54) is 0 Å². The Hall–Kier alpha value is -1.75. The van der Waals surface area contributed by atoms with Crippen LogP contribution < -0.4 is 0 Å². The van der Waals surface area contributed by atoms with E-state index in [-0.39, 0.29) is 36.6 Å². The van der Waals surface area contributed by atoms with Crippen LogP contribution in [0.3, 0.4) is 0 Å². The van der Waals surface area contributed by atoms with Crippen molar-refractivity contribution in [3.05, 3.63) is 35.9 Å². The number of carbonyl (C=O) groups excluding carboxylic acids is 2. The predicted octanol–water partition coefficient (Wildman–Crippen LogP) is 3.26. The van der Waals surface area contributed by atoms with Crippen molar-refractivity contribution in [3.63, 3.8) is 0 Å². The highest BCUT2D eigenvalue weighted by Crippen LogP contribution is 2.20. The second-order valence-electron chi connectivity index (χ2n) is 6.30. The molecule has 1 fully saturated rings. The number of rotatable bonds is 6. The minimum atomic E-state index is -0.348. The van der Waals surface area contributed by atoms with Crippen molar-refractivity contribution in [2.75, 3.05) is 19.0 Å². The summed E-state index contributed by atoms with van der Waals surface area (Å²) >= 11 is 5.68. The van der Waals surface area contributed by atoms with Crippen molar-refractivity contribution in [3.8, 4) is 0 Å². The summed E-state index contributed by atoms with van der Waals surface area (Å²) in [5, 5.41) is 0. The van der Waals surface area contributed by atoms with E-state index in [4.69, 9.17) is 16.3 Å². The van der Waals surface area contributed by atoms with Gasteiger partial charge >= 0.3 is 6.09 Å². The summed E-state index contributed by atoms with van der Waals surface area (Å²) in [7, 11) is 0. The first kappa shape index (κ1) is 18.6. The summed E-state index contributed by atoms with van der Waals surface area (Å²) in [5.41, 5.74) is 0.953. The van der Waals surface area contributed by atoms with Gasteiger partial charge in [0.05, 0.1) is 0 Å². The van der Waals surface area contributed by atoms with Crippen molar-refractivity contribution in [2.45, 2.75) is 45.4 Å². The minimum Gasteiger partial charge on any atom is -0.445 e. The molecule has 132 valence electrons. The number of hydrogen-bond donors (Lipinski definition) is 0. The van der Waals surface area contributed by atoms with Crippen LogP contribution in [0, 0.1) is 0 Å². The van der Waals surface area contributed by atoms with E-state index in [1.807, 2.05) is 44.2 Å².